The number of piperidine rings is 1. The van der Waals surface area contributed by atoms with Gasteiger partial charge in [0.15, 0.2) is 6.04 Å². The van der Waals surface area contributed by atoms with Crippen molar-refractivity contribution in [3.63, 3.8) is 0 Å². The molecule has 1 aliphatic carbocycles. The summed E-state index contributed by atoms with van der Waals surface area (Å²) in [5.74, 6) is 1.48. The molecule has 0 spiro atoms. The third kappa shape index (κ3) is 3.96. The van der Waals surface area contributed by atoms with E-state index in [2.05, 4.69) is 23.4 Å². The van der Waals surface area contributed by atoms with Crippen LogP contribution in [0.4, 0.5) is 4.79 Å². The molecule has 0 radical (unpaired) electrons. The molecule has 1 amide bonds. The van der Waals surface area contributed by atoms with Crippen molar-refractivity contribution >= 4 is 12.1 Å². The molecule has 2 aromatic rings. The number of rotatable bonds is 5. The van der Waals surface area contributed by atoms with Crippen molar-refractivity contribution in [1.82, 2.24) is 5.32 Å². The fourth-order valence-electron chi connectivity index (χ4n) is 5.38. The van der Waals surface area contributed by atoms with Crippen LogP contribution in [0.5, 0.6) is 0 Å². The number of carbonyl (C=O) groups excluding carboxylic acids is 1. The fraction of sp³-hybridized carbons (Fsp3) is 0.385. The zero-order chi connectivity index (χ0) is 22.9. The van der Waals surface area contributed by atoms with E-state index in [1.807, 2.05) is 50.5 Å². The van der Waals surface area contributed by atoms with Gasteiger partial charge in [-0.05, 0) is 35.1 Å². The maximum absolute atomic E-state index is 12.7. The molecule has 0 unspecified atom stereocenters. The quantitative estimate of drug-likeness (QED) is 0.559. The van der Waals surface area contributed by atoms with E-state index in [9.17, 15) is 14.7 Å². The summed E-state index contributed by atoms with van der Waals surface area (Å²) in [7, 11) is 4.05. The second-order valence-electron chi connectivity index (χ2n) is 9.46. The van der Waals surface area contributed by atoms with Gasteiger partial charge >= 0.3 is 12.1 Å². The van der Waals surface area contributed by atoms with Gasteiger partial charge < -0.3 is 19.6 Å². The third-order valence-electron chi connectivity index (χ3n) is 6.79. The largest absolute Gasteiger partial charge is 0.480 e. The van der Waals surface area contributed by atoms with Crippen molar-refractivity contribution < 1.29 is 23.9 Å². The highest BCUT2D eigenvalue weighted by molar-refractivity contribution is 5.82. The standard InChI is InChI=1S/C26H28N2O4/c1-4-26(14-9-15-28(2,3)17-26)23(24(29)30)27-25(31)32-16-22-20-12-7-5-10-18(20)19-11-6-8-13-21(19)22/h1,5-8,10-13,22-23H,9,14-17H2,2-3H3,(H-,27,29,30,31)/p+1/t23-,26+/m1/s1. The average Bonchev–Trinajstić information content (AvgIpc) is 3.09. The number of nitrogens with one attached hydrogen (secondary N) is 1. The average molecular weight is 434 g/mol. The van der Waals surface area contributed by atoms with Crippen molar-refractivity contribution in [3.8, 4) is 23.5 Å². The van der Waals surface area contributed by atoms with E-state index in [-0.39, 0.29) is 12.5 Å². The van der Waals surface area contributed by atoms with Crippen LogP contribution in [0.25, 0.3) is 11.1 Å². The number of aliphatic carboxylic acids is 1. The Balaban J connectivity index is 1.50. The predicted molar refractivity (Wildman–Crippen MR) is 122 cm³/mol. The zero-order valence-corrected chi connectivity index (χ0v) is 18.5. The summed E-state index contributed by atoms with van der Waals surface area (Å²) in [5, 5.41) is 12.5. The highest BCUT2D eigenvalue weighted by Gasteiger charge is 2.50. The molecule has 0 saturated carbocycles. The van der Waals surface area contributed by atoms with Gasteiger partial charge in [-0.25, -0.2) is 9.59 Å². The molecule has 1 saturated heterocycles. The van der Waals surface area contributed by atoms with Crippen molar-refractivity contribution in [1.29, 1.82) is 0 Å². The summed E-state index contributed by atoms with van der Waals surface area (Å²) in [6.07, 6.45) is 6.42. The van der Waals surface area contributed by atoms with Gasteiger partial charge in [0.2, 0.25) is 0 Å². The second-order valence-corrected chi connectivity index (χ2v) is 9.46. The number of quaternary nitrogens is 1. The van der Waals surface area contributed by atoms with Crippen LogP contribution < -0.4 is 5.32 Å². The number of fused-ring (bicyclic) bond motifs is 3. The number of ether oxygens (including phenoxy) is 1. The van der Waals surface area contributed by atoms with Crippen LogP contribution in [-0.2, 0) is 9.53 Å². The Kier molecular flexibility index (Phi) is 5.70. The number of carboxylic acid groups (broad SMARTS) is 1. The van der Waals surface area contributed by atoms with Gasteiger partial charge in [0.25, 0.3) is 0 Å². The van der Waals surface area contributed by atoms with Crippen LogP contribution in [-0.4, -0.2) is 61.5 Å². The first-order valence-corrected chi connectivity index (χ1v) is 10.9. The Morgan fingerprint density at radius 2 is 1.78 bits per heavy atom. The summed E-state index contributed by atoms with van der Waals surface area (Å²) < 4.78 is 6.18. The first kappa shape index (κ1) is 21.9. The van der Waals surface area contributed by atoms with Gasteiger partial charge in [-0.2, -0.15) is 0 Å². The van der Waals surface area contributed by atoms with Gasteiger partial charge in [0.1, 0.15) is 12.0 Å². The van der Waals surface area contributed by atoms with Crippen LogP contribution in [0.2, 0.25) is 0 Å². The predicted octanol–water partition coefficient (Wildman–Crippen LogP) is 3.47. The topological polar surface area (TPSA) is 75.6 Å². The van der Waals surface area contributed by atoms with Crippen molar-refractivity contribution in [2.45, 2.75) is 24.8 Å². The molecule has 4 rings (SSSR count). The molecule has 2 aliphatic rings. The second kappa shape index (κ2) is 8.33. The number of carboxylic acids is 1. The van der Waals surface area contributed by atoms with E-state index in [1.165, 1.54) is 0 Å². The number of benzene rings is 2. The normalized spacial score (nSPS) is 22.2. The number of alkyl carbamates (subject to hydrolysis) is 1. The Morgan fingerprint density at radius 1 is 1.19 bits per heavy atom. The molecule has 6 heteroatoms. The summed E-state index contributed by atoms with van der Waals surface area (Å²) in [6, 6.07) is 14.9. The van der Waals surface area contributed by atoms with Crippen LogP contribution in [0, 0.1) is 17.8 Å². The van der Waals surface area contributed by atoms with Crippen molar-refractivity contribution in [2.75, 3.05) is 33.8 Å². The van der Waals surface area contributed by atoms with E-state index < -0.39 is 23.5 Å². The highest BCUT2D eigenvalue weighted by Crippen LogP contribution is 2.44. The zero-order valence-electron chi connectivity index (χ0n) is 18.5. The third-order valence-corrected chi connectivity index (χ3v) is 6.79. The minimum Gasteiger partial charge on any atom is -0.480 e. The Morgan fingerprint density at radius 3 is 2.31 bits per heavy atom. The lowest BCUT2D eigenvalue weighted by molar-refractivity contribution is -0.901. The lowest BCUT2D eigenvalue weighted by Gasteiger charge is -2.45. The van der Waals surface area contributed by atoms with E-state index in [0.717, 1.165) is 35.2 Å². The minimum atomic E-state index is -1.21. The van der Waals surface area contributed by atoms with E-state index in [0.29, 0.717) is 17.4 Å². The first-order chi connectivity index (χ1) is 15.3. The fourth-order valence-corrected chi connectivity index (χ4v) is 5.38. The minimum absolute atomic E-state index is 0.0942. The lowest BCUT2D eigenvalue weighted by atomic mass is 9.73. The monoisotopic (exact) mass is 433 g/mol. The van der Waals surface area contributed by atoms with E-state index in [4.69, 9.17) is 11.2 Å². The summed E-state index contributed by atoms with van der Waals surface area (Å²) >= 11 is 0. The molecular formula is C26H29N2O4+. The van der Waals surface area contributed by atoms with Gasteiger partial charge in [0.05, 0.1) is 27.2 Å². The molecule has 2 atom stereocenters. The van der Waals surface area contributed by atoms with Crippen LogP contribution in [0.1, 0.15) is 29.9 Å². The summed E-state index contributed by atoms with van der Waals surface area (Å²) in [4.78, 5) is 24.9. The number of amides is 1. The molecule has 2 aromatic carbocycles. The lowest BCUT2D eigenvalue weighted by Crippen LogP contribution is -2.62. The molecule has 0 aromatic heterocycles. The molecule has 1 heterocycles. The number of carbonyl (C=O) groups is 2. The first-order valence-electron chi connectivity index (χ1n) is 10.9. The van der Waals surface area contributed by atoms with Gasteiger partial charge in [-0.1, -0.05) is 54.5 Å². The van der Waals surface area contributed by atoms with E-state index >= 15 is 0 Å². The van der Waals surface area contributed by atoms with Gasteiger partial charge in [0, 0.05) is 5.92 Å². The molecule has 6 nitrogen and oxygen atoms in total. The maximum atomic E-state index is 12.7. The van der Waals surface area contributed by atoms with E-state index in [1.54, 1.807) is 0 Å². The molecule has 1 fully saturated rings. The smallest absolute Gasteiger partial charge is 0.407 e. The SMILES string of the molecule is C#C[C@]1([C@H](NC(=O)OCC2c3ccccc3-c3ccccc32)C(=O)O)CCC[N+](C)(C)C1. The van der Waals surface area contributed by atoms with Crippen LogP contribution >= 0.6 is 0 Å². The number of hydrogen-bond acceptors (Lipinski definition) is 3. The van der Waals surface area contributed by atoms with Gasteiger partial charge in [-0.15, -0.1) is 6.42 Å². The Labute approximate surface area is 188 Å². The molecular weight excluding hydrogens is 404 g/mol. The Bertz CT molecular complexity index is 1040. The summed E-state index contributed by atoms with van der Waals surface area (Å²) in [5.41, 5.74) is 3.51. The maximum Gasteiger partial charge on any atom is 0.407 e. The van der Waals surface area contributed by atoms with Gasteiger partial charge in [-0.3, -0.25) is 0 Å². The molecule has 2 N–H and O–H groups in total. The van der Waals surface area contributed by atoms with Crippen molar-refractivity contribution in [3.05, 3.63) is 59.7 Å². The van der Waals surface area contributed by atoms with Crippen LogP contribution in [0.15, 0.2) is 48.5 Å². The number of terminal acetylenes is 1. The number of likely N-dealkylation sites (tertiary alicyclic amines) is 1. The number of hydrogen-bond donors (Lipinski definition) is 2. The Hall–Kier alpha value is -3.30. The number of nitrogens with zero attached hydrogens (tertiary/aromatic N) is 1. The highest BCUT2D eigenvalue weighted by atomic mass is 16.5. The van der Waals surface area contributed by atoms with Crippen LogP contribution in [0.3, 0.4) is 0 Å². The molecule has 0 bridgehead atoms. The summed E-state index contributed by atoms with van der Waals surface area (Å²) in [6.45, 7) is 1.52. The molecule has 32 heavy (non-hydrogen) atoms. The van der Waals surface area contributed by atoms with Crippen molar-refractivity contribution in [2.24, 2.45) is 5.41 Å². The molecule has 166 valence electrons. The molecule has 1 aliphatic heterocycles.